The summed E-state index contributed by atoms with van der Waals surface area (Å²) in [5, 5.41) is 9.56. The smallest absolute Gasteiger partial charge is 0.259 e. The first kappa shape index (κ1) is 14.8. The molecule has 2 N–H and O–H groups in total. The van der Waals surface area contributed by atoms with Crippen molar-refractivity contribution in [2.45, 2.75) is 13.8 Å². The number of benzene rings is 1. The number of aryl methyl sites for hydroxylation is 2. The molecule has 0 aliphatic rings. The number of aromatic nitrogens is 2. The summed E-state index contributed by atoms with van der Waals surface area (Å²) in [7, 11) is 3.34. The second-order valence-corrected chi connectivity index (χ2v) is 5.01. The molecule has 0 saturated heterocycles. The van der Waals surface area contributed by atoms with Crippen LogP contribution in [0.3, 0.4) is 0 Å². The van der Waals surface area contributed by atoms with E-state index in [1.54, 1.807) is 52.2 Å². The minimum absolute atomic E-state index is 0.161. The lowest BCUT2D eigenvalue weighted by molar-refractivity contribution is 0.0828. The molecule has 0 unspecified atom stereocenters. The van der Waals surface area contributed by atoms with E-state index < -0.39 is 0 Å². The van der Waals surface area contributed by atoms with Crippen LogP contribution in [-0.4, -0.2) is 41.0 Å². The van der Waals surface area contributed by atoms with Crippen LogP contribution in [0.4, 0.5) is 5.69 Å². The predicted molar refractivity (Wildman–Crippen MR) is 80.5 cm³/mol. The van der Waals surface area contributed by atoms with E-state index >= 15 is 0 Å². The van der Waals surface area contributed by atoms with Gasteiger partial charge in [-0.15, -0.1) is 0 Å². The number of nitrogens with one attached hydrogen (secondary N) is 2. The summed E-state index contributed by atoms with van der Waals surface area (Å²) >= 11 is 0. The van der Waals surface area contributed by atoms with Gasteiger partial charge in [-0.25, -0.2) is 0 Å². The van der Waals surface area contributed by atoms with Crippen LogP contribution in [0.2, 0.25) is 0 Å². The Morgan fingerprint density at radius 3 is 2.43 bits per heavy atom. The van der Waals surface area contributed by atoms with Crippen LogP contribution in [0.25, 0.3) is 0 Å². The van der Waals surface area contributed by atoms with Crippen LogP contribution in [0, 0.1) is 13.8 Å². The Labute approximate surface area is 123 Å². The summed E-state index contributed by atoms with van der Waals surface area (Å²) in [5.41, 5.74) is 2.76. The third-order valence-electron chi connectivity index (χ3n) is 3.17. The lowest BCUT2D eigenvalue weighted by Gasteiger charge is -2.14. The van der Waals surface area contributed by atoms with Gasteiger partial charge in [-0.05, 0) is 26.0 Å². The second-order valence-electron chi connectivity index (χ2n) is 5.01. The Bertz CT molecular complexity index is 669. The third-order valence-corrected chi connectivity index (χ3v) is 3.17. The van der Waals surface area contributed by atoms with Crippen LogP contribution in [0.5, 0.6) is 0 Å². The lowest BCUT2D eigenvalue weighted by atomic mass is 10.1. The van der Waals surface area contributed by atoms with Gasteiger partial charge < -0.3 is 10.2 Å². The number of hydrogen-bond acceptors (Lipinski definition) is 3. The average Bonchev–Trinajstić information content (AvgIpc) is 2.78. The van der Waals surface area contributed by atoms with Gasteiger partial charge in [0.1, 0.15) is 0 Å². The molecular weight excluding hydrogens is 268 g/mol. The van der Waals surface area contributed by atoms with Crippen LogP contribution in [0.1, 0.15) is 32.1 Å². The molecule has 6 nitrogen and oxygen atoms in total. The van der Waals surface area contributed by atoms with E-state index in [2.05, 4.69) is 15.5 Å². The first-order valence-corrected chi connectivity index (χ1v) is 6.55. The largest absolute Gasteiger partial charge is 0.345 e. The molecule has 21 heavy (non-hydrogen) atoms. The zero-order chi connectivity index (χ0) is 15.6. The second kappa shape index (κ2) is 5.78. The maximum Gasteiger partial charge on any atom is 0.259 e. The van der Waals surface area contributed by atoms with Gasteiger partial charge in [0.05, 0.1) is 22.5 Å². The molecule has 0 saturated carbocycles. The lowest BCUT2D eigenvalue weighted by Crippen LogP contribution is -2.24. The normalized spacial score (nSPS) is 10.3. The fraction of sp³-hybridized carbons (Fsp3) is 0.267. The number of aromatic amines is 1. The number of H-pyrrole nitrogens is 1. The molecule has 0 bridgehead atoms. The molecule has 0 spiro atoms. The van der Waals surface area contributed by atoms with Crippen molar-refractivity contribution in [3.63, 3.8) is 0 Å². The monoisotopic (exact) mass is 286 g/mol. The Kier molecular flexibility index (Phi) is 4.07. The van der Waals surface area contributed by atoms with E-state index in [9.17, 15) is 9.59 Å². The predicted octanol–water partition coefficient (Wildman–Crippen LogP) is 1.98. The van der Waals surface area contributed by atoms with Crippen LogP contribution < -0.4 is 5.32 Å². The standard InChI is InChI=1S/C15H18N4O2/c1-9-13(10(2)18-17-9)14(20)16-12-8-6-5-7-11(12)15(21)19(3)4/h5-8H,1-4H3,(H,16,20)(H,17,18). The number of amides is 2. The summed E-state index contributed by atoms with van der Waals surface area (Å²) < 4.78 is 0. The number of rotatable bonds is 3. The van der Waals surface area contributed by atoms with E-state index in [0.29, 0.717) is 28.2 Å². The van der Waals surface area contributed by atoms with Gasteiger partial charge in [-0.3, -0.25) is 14.7 Å². The number of nitrogens with zero attached hydrogens (tertiary/aromatic N) is 2. The van der Waals surface area contributed by atoms with Crippen molar-refractivity contribution in [3.05, 3.63) is 46.8 Å². The molecule has 2 aromatic rings. The molecule has 0 atom stereocenters. The quantitative estimate of drug-likeness (QED) is 0.905. The van der Waals surface area contributed by atoms with Gasteiger partial charge in [0.2, 0.25) is 0 Å². The molecule has 0 aliphatic heterocycles. The van der Waals surface area contributed by atoms with Gasteiger partial charge in [0.25, 0.3) is 11.8 Å². The van der Waals surface area contributed by atoms with Crippen LogP contribution in [-0.2, 0) is 0 Å². The van der Waals surface area contributed by atoms with E-state index in [1.165, 1.54) is 4.90 Å². The Hall–Kier alpha value is -2.63. The molecule has 0 fully saturated rings. The minimum Gasteiger partial charge on any atom is -0.345 e. The highest BCUT2D eigenvalue weighted by Crippen LogP contribution is 2.19. The van der Waals surface area contributed by atoms with Gasteiger partial charge >= 0.3 is 0 Å². The summed E-state index contributed by atoms with van der Waals surface area (Å²) in [6.07, 6.45) is 0. The van der Waals surface area contributed by atoms with Crippen molar-refractivity contribution in [2.75, 3.05) is 19.4 Å². The van der Waals surface area contributed by atoms with Gasteiger partial charge in [-0.1, -0.05) is 12.1 Å². The molecule has 2 amide bonds. The average molecular weight is 286 g/mol. The number of para-hydroxylation sites is 1. The highest BCUT2D eigenvalue weighted by molar-refractivity contribution is 6.09. The maximum atomic E-state index is 12.4. The van der Waals surface area contributed by atoms with E-state index in [0.717, 1.165) is 0 Å². The summed E-state index contributed by atoms with van der Waals surface area (Å²) in [6, 6.07) is 6.93. The van der Waals surface area contributed by atoms with E-state index in [4.69, 9.17) is 0 Å². The maximum absolute atomic E-state index is 12.4. The molecule has 6 heteroatoms. The zero-order valence-electron chi connectivity index (χ0n) is 12.5. The number of hydrogen-bond donors (Lipinski definition) is 2. The molecule has 0 aliphatic carbocycles. The number of carbonyl (C=O) groups excluding carboxylic acids is 2. The van der Waals surface area contributed by atoms with Gasteiger partial charge in [0.15, 0.2) is 0 Å². The Morgan fingerprint density at radius 2 is 1.86 bits per heavy atom. The van der Waals surface area contributed by atoms with Crippen LogP contribution >= 0.6 is 0 Å². The van der Waals surface area contributed by atoms with Crippen molar-refractivity contribution >= 4 is 17.5 Å². The molecule has 1 heterocycles. The Balaban J connectivity index is 2.33. The first-order chi connectivity index (χ1) is 9.91. The summed E-state index contributed by atoms with van der Waals surface area (Å²) in [4.78, 5) is 26.0. The minimum atomic E-state index is -0.280. The molecule has 2 rings (SSSR count). The van der Waals surface area contributed by atoms with Crippen molar-refractivity contribution in [1.29, 1.82) is 0 Å². The zero-order valence-corrected chi connectivity index (χ0v) is 12.5. The van der Waals surface area contributed by atoms with Gasteiger partial charge in [0, 0.05) is 19.8 Å². The van der Waals surface area contributed by atoms with E-state index in [1.807, 2.05) is 0 Å². The number of anilines is 1. The third kappa shape index (κ3) is 2.94. The van der Waals surface area contributed by atoms with Crippen molar-refractivity contribution in [3.8, 4) is 0 Å². The molecule has 110 valence electrons. The molecule has 1 aromatic carbocycles. The fourth-order valence-electron chi connectivity index (χ4n) is 2.09. The number of carbonyl (C=O) groups is 2. The van der Waals surface area contributed by atoms with Crippen molar-refractivity contribution in [1.82, 2.24) is 15.1 Å². The first-order valence-electron chi connectivity index (χ1n) is 6.55. The SMILES string of the molecule is Cc1n[nH]c(C)c1C(=O)Nc1ccccc1C(=O)N(C)C. The summed E-state index contributed by atoms with van der Waals surface area (Å²) in [5.74, 6) is -0.440. The summed E-state index contributed by atoms with van der Waals surface area (Å²) in [6.45, 7) is 3.54. The van der Waals surface area contributed by atoms with E-state index in [-0.39, 0.29) is 11.8 Å². The van der Waals surface area contributed by atoms with Crippen molar-refractivity contribution in [2.24, 2.45) is 0 Å². The van der Waals surface area contributed by atoms with Crippen molar-refractivity contribution < 1.29 is 9.59 Å². The fourth-order valence-corrected chi connectivity index (χ4v) is 2.09. The topological polar surface area (TPSA) is 78.1 Å². The highest BCUT2D eigenvalue weighted by Gasteiger charge is 2.19. The van der Waals surface area contributed by atoms with Gasteiger partial charge in [-0.2, -0.15) is 5.10 Å². The molecular formula is C15H18N4O2. The molecule has 0 radical (unpaired) electrons. The van der Waals surface area contributed by atoms with Crippen LogP contribution in [0.15, 0.2) is 24.3 Å². The Morgan fingerprint density at radius 1 is 1.19 bits per heavy atom. The highest BCUT2D eigenvalue weighted by atomic mass is 16.2. The molecule has 1 aromatic heterocycles.